The van der Waals surface area contributed by atoms with E-state index in [1.54, 1.807) is 38.1 Å². The number of carbonyl (C=O) groups is 2. The molecule has 5 nitrogen and oxygen atoms in total. The SMILES string of the molecule is CCOC(=O)c1c(NC(=S)SC)sc(C(=O)Nc2cccc(Cl)c2)c1C. The van der Waals surface area contributed by atoms with E-state index in [2.05, 4.69) is 10.6 Å². The van der Waals surface area contributed by atoms with E-state index in [4.69, 9.17) is 28.6 Å². The smallest absolute Gasteiger partial charge is 0.341 e. The maximum absolute atomic E-state index is 12.7. The molecule has 0 atom stereocenters. The van der Waals surface area contributed by atoms with Crippen LogP contribution in [0.1, 0.15) is 32.5 Å². The fraction of sp³-hybridized carbons (Fsp3) is 0.235. The summed E-state index contributed by atoms with van der Waals surface area (Å²) in [4.78, 5) is 25.4. The third kappa shape index (κ3) is 4.97. The lowest BCUT2D eigenvalue weighted by Gasteiger charge is -2.07. The maximum atomic E-state index is 12.7. The molecule has 26 heavy (non-hydrogen) atoms. The molecule has 0 aliphatic rings. The zero-order valence-electron chi connectivity index (χ0n) is 14.3. The van der Waals surface area contributed by atoms with Crippen molar-refractivity contribution < 1.29 is 14.3 Å². The topological polar surface area (TPSA) is 67.4 Å². The number of hydrogen-bond donors (Lipinski definition) is 2. The predicted molar refractivity (Wildman–Crippen MR) is 114 cm³/mol. The lowest BCUT2D eigenvalue weighted by Crippen LogP contribution is -2.13. The van der Waals surface area contributed by atoms with Crippen molar-refractivity contribution in [3.05, 3.63) is 45.3 Å². The van der Waals surface area contributed by atoms with Crippen molar-refractivity contribution in [2.75, 3.05) is 23.5 Å². The molecular formula is C17H17ClN2O3S3. The van der Waals surface area contributed by atoms with E-state index in [0.29, 0.717) is 36.0 Å². The van der Waals surface area contributed by atoms with Gasteiger partial charge < -0.3 is 15.4 Å². The first-order chi connectivity index (χ1) is 12.4. The molecule has 2 aromatic rings. The summed E-state index contributed by atoms with van der Waals surface area (Å²) in [5.74, 6) is -0.821. The quantitative estimate of drug-likeness (QED) is 0.504. The van der Waals surface area contributed by atoms with Gasteiger partial charge in [-0.15, -0.1) is 23.1 Å². The Labute approximate surface area is 170 Å². The molecule has 0 fully saturated rings. The van der Waals surface area contributed by atoms with E-state index < -0.39 is 5.97 Å². The molecule has 2 N–H and O–H groups in total. The molecule has 1 heterocycles. The number of amides is 1. The zero-order valence-corrected chi connectivity index (χ0v) is 17.5. The molecule has 1 aromatic carbocycles. The van der Waals surface area contributed by atoms with Crippen molar-refractivity contribution in [2.45, 2.75) is 13.8 Å². The van der Waals surface area contributed by atoms with Crippen molar-refractivity contribution in [2.24, 2.45) is 0 Å². The van der Waals surface area contributed by atoms with E-state index in [0.717, 1.165) is 11.3 Å². The molecule has 0 aliphatic carbocycles. The Bertz CT molecular complexity index is 852. The van der Waals surface area contributed by atoms with E-state index in [1.807, 2.05) is 6.26 Å². The molecule has 2 rings (SSSR count). The van der Waals surface area contributed by atoms with Crippen LogP contribution in [-0.2, 0) is 4.74 Å². The molecule has 0 unspecified atom stereocenters. The van der Waals surface area contributed by atoms with Crippen molar-refractivity contribution in [1.29, 1.82) is 0 Å². The Kier molecular flexibility index (Phi) is 7.45. The number of carbonyl (C=O) groups excluding carboxylic acids is 2. The van der Waals surface area contributed by atoms with Gasteiger partial charge in [0.15, 0.2) is 0 Å². The van der Waals surface area contributed by atoms with Gasteiger partial charge in [-0.1, -0.05) is 29.9 Å². The summed E-state index contributed by atoms with van der Waals surface area (Å²) in [6.07, 6.45) is 1.83. The van der Waals surface area contributed by atoms with Crippen LogP contribution in [0.5, 0.6) is 0 Å². The predicted octanol–water partition coefficient (Wildman–Crippen LogP) is 5.20. The van der Waals surface area contributed by atoms with Gasteiger partial charge in [0.05, 0.1) is 17.0 Å². The number of benzene rings is 1. The average molecular weight is 429 g/mol. The maximum Gasteiger partial charge on any atom is 0.341 e. The van der Waals surface area contributed by atoms with E-state index in [9.17, 15) is 9.59 Å². The van der Waals surface area contributed by atoms with Crippen LogP contribution in [0.2, 0.25) is 5.02 Å². The highest BCUT2D eigenvalue weighted by atomic mass is 35.5. The molecule has 0 aliphatic heterocycles. The van der Waals surface area contributed by atoms with Gasteiger partial charge in [0.2, 0.25) is 0 Å². The highest BCUT2D eigenvalue weighted by Crippen LogP contribution is 2.35. The standard InChI is InChI=1S/C17H17ClN2O3S3/c1-4-23-16(22)12-9(2)13(26-15(12)20-17(24)25-3)14(21)19-11-7-5-6-10(18)8-11/h5-8H,4H2,1-3H3,(H,19,21)(H,20,24). The average Bonchev–Trinajstić information content (AvgIpc) is 2.91. The van der Waals surface area contributed by atoms with Gasteiger partial charge in [0, 0.05) is 10.7 Å². The van der Waals surface area contributed by atoms with Crippen LogP contribution >= 0.6 is 46.9 Å². The fourth-order valence-corrected chi connectivity index (χ4v) is 3.89. The largest absolute Gasteiger partial charge is 0.462 e. The minimum atomic E-state index is -0.491. The lowest BCUT2D eigenvalue weighted by molar-refractivity contribution is 0.0527. The first kappa shape index (κ1) is 20.7. The molecular weight excluding hydrogens is 412 g/mol. The van der Waals surface area contributed by atoms with Gasteiger partial charge in [-0.3, -0.25) is 4.79 Å². The first-order valence-corrected chi connectivity index (χ1v) is 10.4. The van der Waals surface area contributed by atoms with E-state index in [-0.39, 0.29) is 12.5 Å². The summed E-state index contributed by atoms with van der Waals surface area (Å²) in [6, 6.07) is 6.85. The van der Waals surface area contributed by atoms with Crippen LogP contribution in [0.15, 0.2) is 24.3 Å². The Morgan fingerprint density at radius 1 is 1.35 bits per heavy atom. The van der Waals surface area contributed by atoms with Crippen LogP contribution in [0.3, 0.4) is 0 Å². The van der Waals surface area contributed by atoms with Gasteiger partial charge in [-0.2, -0.15) is 0 Å². The Morgan fingerprint density at radius 2 is 2.08 bits per heavy atom. The summed E-state index contributed by atoms with van der Waals surface area (Å²) in [7, 11) is 0. The molecule has 0 bridgehead atoms. The molecule has 1 amide bonds. The molecule has 1 aromatic heterocycles. The minimum absolute atomic E-state index is 0.241. The first-order valence-electron chi connectivity index (χ1n) is 7.59. The highest BCUT2D eigenvalue weighted by Gasteiger charge is 2.26. The summed E-state index contributed by atoms with van der Waals surface area (Å²) in [6.45, 7) is 3.68. The number of thiocarbonyl (C=S) groups is 1. The lowest BCUT2D eigenvalue weighted by atomic mass is 10.1. The summed E-state index contributed by atoms with van der Waals surface area (Å²) in [5, 5.41) is 6.80. The monoisotopic (exact) mass is 428 g/mol. The Morgan fingerprint density at radius 3 is 2.69 bits per heavy atom. The second-order valence-electron chi connectivity index (χ2n) is 5.06. The number of rotatable bonds is 5. The second kappa shape index (κ2) is 9.36. The number of thiophene rings is 1. The summed E-state index contributed by atoms with van der Waals surface area (Å²) in [5.41, 5.74) is 1.44. The number of esters is 1. The number of halogens is 1. The molecule has 9 heteroatoms. The second-order valence-corrected chi connectivity index (χ2v) is 8.00. The van der Waals surface area contributed by atoms with Crippen LogP contribution in [-0.4, -0.2) is 29.1 Å². The number of nitrogens with one attached hydrogen (secondary N) is 2. The van der Waals surface area contributed by atoms with Crippen LogP contribution in [0, 0.1) is 6.92 Å². The van der Waals surface area contributed by atoms with Gasteiger partial charge >= 0.3 is 5.97 Å². The van der Waals surface area contributed by atoms with E-state index >= 15 is 0 Å². The molecule has 0 spiro atoms. The Hall–Kier alpha value is -1.61. The minimum Gasteiger partial charge on any atom is -0.462 e. The summed E-state index contributed by atoms with van der Waals surface area (Å²) >= 11 is 13.6. The molecule has 0 saturated carbocycles. The molecule has 0 radical (unpaired) electrons. The highest BCUT2D eigenvalue weighted by molar-refractivity contribution is 8.22. The molecule has 138 valence electrons. The normalized spacial score (nSPS) is 10.3. The van der Waals surface area contributed by atoms with Gasteiger partial charge in [-0.05, 0) is 43.9 Å². The van der Waals surface area contributed by atoms with Crippen molar-refractivity contribution in [3.63, 3.8) is 0 Å². The van der Waals surface area contributed by atoms with Gasteiger partial charge in [-0.25, -0.2) is 4.79 Å². The molecule has 0 saturated heterocycles. The van der Waals surface area contributed by atoms with Crippen molar-refractivity contribution in [3.8, 4) is 0 Å². The van der Waals surface area contributed by atoms with Crippen molar-refractivity contribution >= 4 is 73.8 Å². The van der Waals surface area contributed by atoms with Gasteiger partial charge in [0.25, 0.3) is 5.91 Å². The number of ether oxygens (including phenoxy) is 1. The number of anilines is 2. The zero-order chi connectivity index (χ0) is 19.3. The fourth-order valence-electron chi connectivity index (χ4n) is 2.17. The number of thioether (sulfide) groups is 1. The Balaban J connectivity index is 2.38. The van der Waals surface area contributed by atoms with Crippen LogP contribution in [0.25, 0.3) is 0 Å². The summed E-state index contributed by atoms with van der Waals surface area (Å²) < 4.78 is 5.62. The van der Waals surface area contributed by atoms with Crippen LogP contribution in [0.4, 0.5) is 10.7 Å². The third-order valence-electron chi connectivity index (χ3n) is 3.32. The van der Waals surface area contributed by atoms with E-state index in [1.165, 1.54) is 11.8 Å². The van der Waals surface area contributed by atoms with Crippen molar-refractivity contribution in [1.82, 2.24) is 0 Å². The van der Waals surface area contributed by atoms with Gasteiger partial charge in [0.1, 0.15) is 9.32 Å². The number of hydrogen-bond acceptors (Lipinski definition) is 6. The van der Waals surface area contributed by atoms with Crippen LogP contribution < -0.4 is 10.6 Å². The third-order valence-corrected chi connectivity index (χ3v) is 5.83.